The molecule has 1 aromatic carbocycles. The van der Waals surface area contributed by atoms with E-state index in [1.54, 1.807) is 11.3 Å². The topological polar surface area (TPSA) is 32.3 Å². The van der Waals surface area contributed by atoms with Crippen LogP contribution in [0.1, 0.15) is 21.3 Å². The standard InChI is InChI=1S/C15H16BrFN2OS/c1-19(2)13(14-4-3-7-21-14)9-18-15(20)11-8-10(17)5-6-12(11)16/h3-8,13H,9H2,1-2H3,(H,18,20). The van der Waals surface area contributed by atoms with Crippen LogP contribution in [0.2, 0.25) is 0 Å². The smallest absolute Gasteiger partial charge is 0.252 e. The molecule has 0 aliphatic rings. The fourth-order valence-corrected chi connectivity index (χ4v) is 3.32. The van der Waals surface area contributed by atoms with Crippen LogP contribution in [0.3, 0.4) is 0 Å². The first-order valence-corrected chi connectivity index (χ1v) is 8.09. The fraction of sp³-hybridized carbons (Fsp3) is 0.267. The molecule has 2 aromatic rings. The Balaban J connectivity index is 2.07. The van der Waals surface area contributed by atoms with Crippen molar-refractivity contribution in [3.8, 4) is 0 Å². The van der Waals surface area contributed by atoms with Crippen molar-refractivity contribution in [1.29, 1.82) is 0 Å². The maximum Gasteiger partial charge on any atom is 0.252 e. The summed E-state index contributed by atoms with van der Waals surface area (Å²) >= 11 is 4.92. The molecule has 6 heteroatoms. The SMILES string of the molecule is CN(C)C(CNC(=O)c1cc(F)ccc1Br)c1cccs1. The van der Waals surface area contributed by atoms with E-state index in [9.17, 15) is 9.18 Å². The van der Waals surface area contributed by atoms with Gasteiger partial charge in [-0.25, -0.2) is 4.39 Å². The molecule has 1 amide bonds. The molecule has 0 fully saturated rings. The molecular weight excluding hydrogens is 355 g/mol. The summed E-state index contributed by atoms with van der Waals surface area (Å²) in [5, 5.41) is 4.88. The summed E-state index contributed by atoms with van der Waals surface area (Å²) in [7, 11) is 3.93. The van der Waals surface area contributed by atoms with Gasteiger partial charge in [0.25, 0.3) is 5.91 Å². The third kappa shape index (κ3) is 4.12. The second-order valence-electron chi connectivity index (χ2n) is 4.83. The minimum atomic E-state index is -0.425. The molecule has 0 bridgehead atoms. The lowest BCUT2D eigenvalue weighted by atomic mass is 10.2. The molecule has 1 heterocycles. The molecule has 21 heavy (non-hydrogen) atoms. The molecule has 1 unspecified atom stereocenters. The van der Waals surface area contributed by atoms with Crippen molar-refractivity contribution in [3.05, 3.63) is 56.4 Å². The van der Waals surface area contributed by atoms with Gasteiger partial charge in [-0.05, 0) is 59.7 Å². The minimum absolute atomic E-state index is 0.0984. The van der Waals surface area contributed by atoms with Crippen molar-refractivity contribution in [2.45, 2.75) is 6.04 Å². The van der Waals surface area contributed by atoms with E-state index in [2.05, 4.69) is 21.2 Å². The molecule has 0 radical (unpaired) electrons. The van der Waals surface area contributed by atoms with Gasteiger partial charge in [-0.1, -0.05) is 6.07 Å². The lowest BCUT2D eigenvalue weighted by Crippen LogP contribution is -2.34. The number of halogens is 2. The molecule has 1 aromatic heterocycles. The summed E-state index contributed by atoms with van der Waals surface area (Å²) in [5.74, 6) is -0.712. The zero-order valence-electron chi connectivity index (χ0n) is 11.8. The molecule has 1 N–H and O–H groups in total. The third-order valence-electron chi connectivity index (χ3n) is 3.12. The number of benzene rings is 1. The Morgan fingerprint density at radius 1 is 1.43 bits per heavy atom. The average molecular weight is 371 g/mol. The van der Waals surface area contributed by atoms with Crippen molar-refractivity contribution >= 4 is 33.2 Å². The number of rotatable bonds is 5. The summed E-state index contributed by atoms with van der Waals surface area (Å²) in [5.41, 5.74) is 0.304. The quantitative estimate of drug-likeness (QED) is 0.870. The van der Waals surface area contributed by atoms with E-state index in [0.717, 1.165) is 0 Å². The highest BCUT2D eigenvalue weighted by Crippen LogP contribution is 2.23. The molecule has 0 saturated heterocycles. The van der Waals surface area contributed by atoms with Crippen molar-refractivity contribution < 1.29 is 9.18 Å². The van der Waals surface area contributed by atoms with E-state index >= 15 is 0 Å². The lowest BCUT2D eigenvalue weighted by molar-refractivity contribution is 0.0941. The van der Waals surface area contributed by atoms with Gasteiger partial charge in [0.1, 0.15) is 5.82 Å². The maximum absolute atomic E-state index is 13.3. The Kier molecular flexibility index (Phi) is 5.50. The molecular formula is C15H16BrFN2OS. The van der Waals surface area contributed by atoms with Crippen molar-refractivity contribution in [2.75, 3.05) is 20.6 Å². The predicted octanol–water partition coefficient (Wildman–Crippen LogP) is 3.68. The van der Waals surface area contributed by atoms with Crippen molar-refractivity contribution in [2.24, 2.45) is 0 Å². The normalized spacial score (nSPS) is 12.4. The van der Waals surface area contributed by atoms with E-state index in [1.165, 1.54) is 23.1 Å². The number of hydrogen-bond acceptors (Lipinski definition) is 3. The average Bonchev–Trinajstić information content (AvgIpc) is 2.95. The molecule has 0 spiro atoms. The number of amides is 1. The number of thiophene rings is 1. The van der Waals surface area contributed by atoms with E-state index in [-0.39, 0.29) is 11.9 Å². The van der Waals surface area contributed by atoms with Crippen molar-refractivity contribution in [1.82, 2.24) is 10.2 Å². The Bertz CT molecular complexity index is 616. The zero-order chi connectivity index (χ0) is 15.4. The van der Waals surface area contributed by atoms with Crippen LogP contribution < -0.4 is 5.32 Å². The first kappa shape index (κ1) is 16.1. The van der Waals surface area contributed by atoms with Gasteiger partial charge in [0.05, 0.1) is 11.6 Å². The van der Waals surface area contributed by atoms with Gasteiger partial charge in [-0.15, -0.1) is 11.3 Å². The maximum atomic E-state index is 13.3. The van der Waals surface area contributed by atoms with Crippen LogP contribution in [0.5, 0.6) is 0 Å². The van der Waals surface area contributed by atoms with Gasteiger partial charge in [-0.2, -0.15) is 0 Å². The first-order chi connectivity index (χ1) is 9.99. The monoisotopic (exact) mass is 370 g/mol. The summed E-state index contributed by atoms with van der Waals surface area (Å²) < 4.78 is 13.8. The van der Waals surface area contributed by atoms with E-state index in [4.69, 9.17) is 0 Å². The molecule has 3 nitrogen and oxygen atoms in total. The van der Waals surface area contributed by atoms with Gasteiger partial charge in [0.2, 0.25) is 0 Å². The first-order valence-electron chi connectivity index (χ1n) is 6.42. The molecule has 0 aliphatic heterocycles. The molecule has 2 rings (SSSR count). The Morgan fingerprint density at radius 3 is 2.81 bits per heavy atom. The van der Waals surface area contributed by atoms with Gasteiger partial charge < -0.3 is 10.2 Å². The molecule has 112 valence electrons. The van der Waals surface area contributed by atoms with Gasteiger partial charge in [-0.3, -0.25) is 4.79 Å². The summed E-state index contributed by atoms with van der Waals surface area (Å²) in [6, 6.07) is 8.21. The molecule has 0 aliphatic carbocycles. The number of hydrogen-bond donors (Lipinski definition) is 1. The minimum Gasteiger partial charge on any atom is -0.350 e. The highest BCUT2D eigenvalue weighted by atomic mass is 79.9. The predicted molar refractivity (Wildman–Crippen MR) is 87.2 cm³/mol. The number of likely N-dealkylation sites (N-methyl/N-ethyl adjacent to an activating group) is 1. The van der Waals surface area contributed by atoms with Crippen LogP contribution >= 0.6 is 27.3 Å². The number of nitrogens with one attached hydrogen (secondary N) is 1. The van der Waals surface area contributed by atoms with Crippen LogP contribution in [-0.2, 0) is 0 Å². The second kappa shape index (κ2) is 7.15. The number of nitrogens with zero attached hydrogens (tertiary/aromatic N) is 1. The lowest BCUT2D eigenvalue weighted by Gasteiger charge is -2.23. The Morgan fingerprint density at radius 2 is 2.19 bits per heavy atom. The third-order valence-corrected chi connectivity index (χ3v) is 4.79. The van der Waals surface area contributed by atoms with Gasteiger partial charge in [0, 0.05) is 15.9 Å². The van der Waals surface area contributed by atoms with Gasteiger partial charge in [0.15, 0.2) is 0 Å². The second-order valence-corrected chi connectivity index (χ2v) is 6.66. The zero-order valence-corrected chi connectivity index (χ0v) is 14.2. The van der Waals surface area contributed by atoms with Crippen molar-refractivity contribution in [3.63, 3.8) is 0 Å². The van der Waals surface area contributed by atoms with E-state index < -0.39 is 5.82 Å². The van der Waals surface area contributed by atoms with Crippen LogP contribution in [0.4, 0.5) is 4.39 Å². The highest BCUT2D eigenvalue weighted by molar-refractivity contribution is 9.10. The number of carbonyl (C=O) groups is 1. The van der Waals surface area contributed by atoms with Gasteiger partial charge >= 0.3 is 0 Å². The highest BCUT2D eigenvalue weighted by Gasteiger charge is 2.18. The number of carbonyl (C=O) groups excluding carboxylic acids is 1. The van der Waals surface area contributed by atoms with Crippen LogP contribution in [0, 0.1) is 5.82 Å². The van der Waals surface area contributed by atoms with E-state index in [0.29, 0.717) is 16.6 Å². The fourth-order valence-electron chi connectivity index (χ4n) is 1.97. The summed E-state index contributed by atoms with van der Waals surface area (Å²) in [4.78, 5) is 15.4. The van der Waals surface area contributed by atoms with E-state index in [1.807, 2.05) is 36.5 Å². The largest absolute Gasteiger partial charge is 0.350 e. The molecule has 0 saturated carbocycles. The Hall–Kier alpha value is -1.24. The molecule has 1 atom stereocenters. The summed E-state index contributed by atoms with van der Waals surface area (Å²) in [6.07, 6.45) is 0. The van der Waals surface area contributed by atoms with Crippen LogP contribution in [0.25, 0.3) is 0 Å². The van der Waals surface area contributed by atoms with Crippen LogP contribution in [-0.4, -0.2) is 31.4 Å². The Labute approximate surface area is 135 Å². The summed E-state index contributed by atoms with van der Waals surface area (Å²) in [6.45, 7) is 0.468. The van der Waals surface area contributed by atoms with Crippen LogP contribution in [0.15, 0.2) is 40.2 Å².